The van der Waals surface area contributed by atoms with E-state index in [9.17, 15) is 13.2 Å². The predicted molar refractivity (Wildman–Crippen MR) is 59.4 cm³/mol. The van der Waals surface area contributed by atoms with E-state index in [1.807, 2.05) is 13.8 Å². The molecule has 0 aliphatic carbocycles. The van der Waals surface area contributed by atoms with Crippen molar-refractivity contribution in [2.45, 2.75) is 26.1 Å². The van der Waals surface area contributed by atoms with Crippen LogP contribution >= 0.6 is 0 Å². The number of alkyl halides is 3. The third kappa shape index (κ3) is 4.92. The summed E-state index contributed by atoms with van der Waals surface area (Å²) in [5, 5.41) is 0. The molecule has 0 unspecified atom stereocenters. The second-order valence-corrected chi connectivity index (χ2v) is 3.74. The fraction of sp³-hybridized carbons (Fsp3) is 0.385. The van der Waals surface area contributed by atoms with Crippen LogP contribution in [0.2, 0.25) is 0 Å². The number of hydrogen-bond acceptors (Lipinski definition) is 1. The van der Waals surface area contributed by atoms with Crippen molar-refractivity contribution >= 4 is 0 Å². The molecule has 92 valence electrons. The van der Waals surface area contributed by atoms with E-state index in [0.717, 1.165) is 12.1 Å². The predicted octanol–water partition coefficient (Wildman–Crippen LogP) is 3.48. The molecule has 1 aromatic rings. The zero-order valence-electron chi connectivity index (χ0n) is 9.64. The van der Waals surface area contributed by atoms with Gasteiger partial charge in [-0.25, -0.2) is 0 Å². The average Bonchev–Trinajstić information content (AvgIpc) is 2.23. The van der Waals surface area contributed by atoms with Gasteiger partial charge < -0.3 is 4.74 Å². The highest BCUT2D eigenvalue weighted by Crippen LogP contribution is 2.29. The molecular formula is C13H13F3O. The standard InChI is InChI=1S/C13H13F3O/c1-10(2)17-8-4-6-11-5-3-7-12(9-11)13(14,15)16/h3,5,7,9-10H,8H2,1-2H3. The van der Waals surface area contributed by atoms with Crippen LogP contribution in [0.15, 0.2) is 24.3 Å². The molecule has 0 aliphatic heterocycles. The molecule has 0 aromatic heterocycles. The number of halogens is 3. The fourth-order valence-electron chi connectivity index (χ4n) is 1.12. The van der Waals surface area contributed by atoms with Crippen LogP contribution in [-0.4, -0.2) is 12.7 Å². The van der Waals surface area contributed by atoms with Gasteiger partial charge in [0, 0.05) is 5.56 Å². The molecule has 0 radical (unpaired) electrons. The van der Waals surface area contributed by atoms with E-state index in [1.54, 1.807) is 0 Å². The Morgan fingerprint density at radius 2 is 2.00 bits per heavy atom. The van der Waals surface area contributed by atoms with Crippen LogP contribution in [0.25, 0.3) is 0 Å². The van der Waals surface area contributed by atoms with Crippen molar-refractivity contribution in [3.05, 3.63) is 35.4 Å². The Bertz CT molecular complexity index is 424. The molecule has 0 fully saturated rings. The van der Waals surface area contributed by atoms with E-state index < -0.39 is 11.7 Å². The maximum Gasteiger partial charge on any atom is 0.416 e. The van der Waals surface area contributed by atoms with E-state index >= 15 is 0 Å². The highest BCUT2D eigenvalue weighted by atomic mass is 19.4. The van der Waals surface area contributed by atoms with Gasteiger partial charge in [0.1, 0.15) is 6.61 Å². The van der Waals surface area contributed by atoms with Gasteiger partial charge in [0.25, 0.3) is 0 Å². The molecule has 4 heteroatoms. The Hall–Kier alpha value is -1.47. The van der Waals surface area contributed by atoms with Gasteiger partial charge in [0.15, 0.2) is 0 Å². The van der Waals surface area contributed by atoms with Gasteiger partial charge in [-0.2, -0.15) is 13.2 Å². The molecule has 0 N–H and O–H groups in total. The summed E-state index contributed by atoms with van der Waals surface area (Å²) >= 11 is 0. The third-order valence-electron chi connectivity index (χ3n) is 1.91. The lowest BCUT2D eigenvalue weighted by molar-refractivity contribution is -0.137. The number of hydrogen-bond donors (Lipinski definition) is 0. The SMILES string of the molecule is CC(C)OCC#Cc1cccc(C(F)(F)F)c1. The Kier molecular flexibility index (Phi) is 4.59. The largest absolute Gasteiger partial charge is 0.416 e. The summed E-state index contributed by atoms with van der Waals surface area (Å²) in [4.78, 5) is 0. The van der Waals surface area contributed by atoms with Crippen LogP contribution in [0.5, 0.6) is 0 Å². The van der Waals surface area contributed by atoms with Crippen molar-refractivity contribution < 1.29 is 17.9 Å². The van der Waals surface area contributed by atoms with Crippen LogP contribution in [-0.2, 0) is 10.9 Å². The lowest BCUT2D eigenvalue weighted by Gasteiger charge is -2.05. The van der Waals surface area contributed by atoms with Crippen LogP contribution < -0.4 is 0 Å². The quantitative estimate of drug-likeness (QED) is 0.721. The van der Waals surface area contributed by atoms with Gasteiger partial charge in [-0.1, -0.05) is 17.9 Å². The molecule has 0 atom stereocenters. The fourth-order valence-corrected chi connectivity index (χ4v) is 1.12. The van der Waals surface area contributed by atoms with Gasteiger partial charge in [0.05, 0.1) is 11.7 Å². The van der Waals surface area contributed by atoms with Crippen molar-refractivity contribution in [1.82, 2.24) is 0 Å². The maximum absolute atomic E-state index is 12.4. The van der Waals surface area contributed by atoms with E-state index in [2.05, 4.69) is 11.8 Å². The first-order valence-corrected chi connectivity index (χ1v) is 5.17. The van der Waals surface area contributed by atoms with Gasteiger partial charge in [-0.15, -0.1) is 0 Å². The summed E-state index contributed by atoms with van der Waals surface area (Å²) in [6, 6.07) is 4.94. The Labute approximate surface area is 98.6 Å². The number of rotatable bonds is 2. The maximum atomic E-state index is 12.4. The molecule has 1 rings (SSSR count). The molecule has 1 nitrogen and oxygen atoms in total. The van der Waals surface area contributed by atoms with E-state index in [1.165, 1.54) is 12.1 Å². The average molecular weight is 242 g/mol. The van der Waals surface area contributed by atoms with Gasteiger partial charge in [-0.3, -0.25) is 0 Å². The molecule has 1 aromatic carbocycles. The second kappa shape index (κ2) is 5.74. The van der Waals surface area contributed by atoms with Crippen molar-refractivity contribution in [2.75, 3.05) is 6.61 Å². The van der Waals surface area contributed by atoms with Crippen LogP contribution in [0.1, 0.15) is 25.0 Å². The summed E-state index contributed by atoms with van der Waals surface area (Å²) in [7, 11) is 0. The van der Waals surface area contributed by atoms with Gasteiger partial charge in [0.2, 0.25) is 0 Å². The summed E-state index contributed by atoms with van der Waals surface area (Å²) in [5.74, 6) is 5.31. The molecule has 0 aliphatic rings. The van der Waals surface area contributed by atoms with E-state index in [0.29, 0.717) is 5.56 Å². The second-order valence-electron chi connectivity index (χ2n) is 3.74. The monoisotopic (exact) mass is 242 g/mol. The summed E-state index contributed by atoms with van der Waals surface area (Å²) in [6.07, 6.45) is -4.27. The van der Waals surface area contributed by atoms with Gasteiger partial charge >= 0.3 is 6.18 Å². The van der Waals surface area contributed by atoms with Crippen molar-refractivity contribution in [3.63, 3.8) is 0 Å². The summed E-state index contributed by atoms with van der Waals surface area (Å²) in [6.45, 7) is 3.95. The lowest BCUT2D eigenvalue weighted by atomic mass is 10.1. The number of ether oxygens (including phenoxy) is 1. The minimum atomic E-state index is -4.33. The first kappa shape index (κ1) is 13.6. The summed E-state index contributed by atoms with van der Waals surface area (Å²) in [5.41, 5.74) is -0.346. The molecule has 0 bridgehead atoms. The van der Waals surface area contributed by atoms with E-state index in [-0.39, 0.29) is 12.7 Å². The molecule has 0 amide bonds. The zero-order valence-corrected chi connectivity index (χ0v) is 9.64. The minimum Gasteiger partial charge on any atom is -0.366 e. The van der Waals surface area contributed by atoms with Gasteiger partial charge in [-0.05, 0) is 32.0 Å². The first-order chi connectivity index (χ1) is 7.89. The normalized spacial score (nSPS) is 11.2. The van der Waals surface area contributed by atoms with Crippen LogP contribution in [0.3, 0.4) is 0 Å². The molecule has 0 saturated heterocycles. The lowest BCUT2D eigenvalue weighted by Crippen LogP contribution is -2.04. The Morgan fingerprint density at radius 1 is 1.29 bits per heavy atom. The molecule has 0 heterocycles. The van der Waals surface area contributed by atoms with Crippen molar-refractivity contribution in [3.8, 4) is 11.8 Å². The van der Waals surface area contributed by atoms with Crippen LogP contribution in [0.4, 0.5) is 13.2 Å². The number of benzene rings is 1. The highest BCUT2D eigenvalue weighted by Gasteiger charge is 2.30. The molecule has 17 heavy (non-hydrogen) atoms. The van der Waals surface area contributed by atoms with Crippen LogP contribution in [0, 0.1) is 11.8 Å². The minimum absolute atomic E-state index is 0.0609. The highest BCUT2D eigenvalue weighted by molar-refractivity contribution is 5.38. The smallest absolute Gasteiger partial charge is 0.366 e. The molecule has 0 saturated carbocycles. The molecular weight excluding hydrogens is 229 g/mol. The van der Waals surface area contributed by atoms with Crippen molar-refractivity contribution in [2.24, 2.45) is 0 Å². The van der Waals surface area contributed by atoms with Crippen molar-refractivity contribution in [1.29, 1.82) is 0 Å². The first-order valence-electron chi connectivity index (χ1n) is 5.17. The molecule has 0 spiro atoms. The summed E-state index contributed by atoms with van der Waals surface area (Å²) < 4.78 is 42.3. The third-order valence-corrected chi connectivity index (χ3v) is 1.91. The topological polar surface area (TPSA) is 9.23 Å². The zero-order chi connectivity index (χ0) is 12.9. The Morgan fingerprint density at radius 3 is 2.59 bits per heavy atom. The Balaban J connectivity index is 2.72. The van der Waals surface area contributed by atoms with E-state index in [4.69, 9.17) is 4.74 Å².